The predicted octanol–water partition coefficient (Wildman–Crippen LogP) is 3.37. The smallest absolute Gasteiger partial charge is 0.243 e. The fourth-order valence-corrected chi connectivity index (χ4v) is 4.97. The minimum Gasteiger partial charge on any atom is -0.454 e. The van der Waals surface area contributed by atoms with Gasteiger partial charge in [-0.05, 0) is 51.7 Å². The van der Waals surface area contributed by atoms with E-state index in [0.29, 0.717) is 29.9 Å². The number of hydrogen-bond donors (Lipinski definition) is 3. The van der Waals surface area contributed by atoms with Crippen LogP contribution in [-0.2, 0) is 9.53 Å². The van der Waals surface area contributed by atoms with Gasteiger partial charge in [-0.1, -0.05) is 17.7 Å². The maximum Gasteiger partial charge on any atom is 0.243 e. The minimum atomic E-state index is -0.130. The SMILES string of the molecule is CN/N=C(/N)c1c(C=O)nn(C2CCC(NC(=O)/C=C/COC)CC2)c1-c1oc2ccc(C)cc2c1C. The Kier molecular flexibility index (Phi) is 8.08. The number of carbonyl (C=O) groups excluding carboxylic acids is 2. The van der Waals surface area contributed by atoms with Gasteiger partial charge >= 0.3 is 0 Å². The lowest BCUT2D eigenvalue weighted by molar-refractivity contribution is -0.117. The lowest BCUT2D eigenvalue weighted by Crippen LogP contribution is -2.37. The van der Waals surface area contributed by atoms with Crippen molar-refractivity contribution in [2.75, 3.05) is 20.8 Å². The fraction of sp³-hybridized carbons (Fsp3) is 0.407. The van der Waals surface area contributed by atoms with Gasteiger partial charge in [0.2, 0.25) is 5.91 Å². The highest BCUT2D eigenvalue weighted by Gasteiger charge is 2.32. The number of fused-ring (bicyclic) bond motifs is 1. The Bertz CT molecular complexity index is 1340. The van der Waals surface area contributed by atoms with E-state index in [-0.39, 0.29) is 29.5 Å². The van der Waals surface area contributed by atoms with Gasteiger partial charge in [0, 0.05) is 37.2 Å². The number of rotatable bonds is 9. The zero-order valence-electron chi connectivity index (χ0n) is 21.7. The Morgan fingerprint density at radius 1 is 1.30 bits per heavy atom. The number of amidine groups is 1. The van der Waals surface area contributed by atoms with Crippen molar-refractivity contribution in [3.8, 4) is 11.5 Å². The molecule has 1 saturated carbocycles. The van der Waals surface area contributed by atoms with Gasteiger partial charge in [-0.25, -0.2) is 0 Å². The number of methoxy groups -OCH3 is 1. The highest BCUT2D eigenvalue weighted by Crippen LogP contribution is 2.40. The van der Waals surface area contributed by atoms with E-state index in [0.717, 1.165) is 47.8 Å². The van der Waals surface area contributed by atoms with Gasteiger partial charge in [0.25, 0.3) is 0 Å². The molecule has 4 rings (SSSR count). The first-order valence-corrected chi connectivity index (χ1v) is 12.4. The summed E-state index contributed by atoms with van der Waals surface area (Å²) in [6, 6.07) is 6.09. The number of nitrogens with zero attached hydrogens (tertiary/aromatic N) is 3. The summed E-state index contributed by atoms with van der Waals surface area (Å²) in [7, 11) is 3.23. The van der Waals surface area contributed by atoms with Gasteiger partial charge in [0.15, 0.2) is 17.9 Å². The van der Waals surface area contributed by atoms with Gasteiger partial charge < -0.3 is 25.6 Å². The summed E-state index contributed by atoms with van der Waals surface area (Å²) in [5.41, 5.74) is 13.1. The largest absolute Gasteiger partial charge is 0.454 e. The highest BCUT2D eigenvalue weighted by molar-refractivity contribution is 6.08. The minimum absolute atomic E-state index is 0.00336. The second-order valence-corrected chi connectivity index (χ2v) is 9.32. The average molecular weight is 507 g/mol. The molecule has 3 aromatic rings. The van der Waals surface area contributed by atoms with Crippen molar-refractivity contribution < 1.29 is 18.7 Å². The molecule has 0 bridgehead atoms. The molecule has 196 valence electrons. The molecule has 0 radical (unpaired) electrons. The van der Waals surface area contributed by atoms with E-state index in [9.17, 15) is 9.59 Å². The summed E-state index contributed by atoms with van der Waals surface area (Å²) in [4.78, 5) is 24.3. The van der Waals surface area contributed by atoms with Gasteiger partial charge in [0.1, 0.15) is 17.0 Å². The molecule has 1 fully saturated rings. The van der Waals surface area contributed by atoms with E-state index in [1.54, 1.807) is 20.2 Å². The summed E-state index contributed by atoms with van der Waals surface area (Å²) in [5, 5.41) is 12.9. The third-order valence-electron chi connectivity index (χ3n) is 6.77. The number of nitrogens with one attached hydrogen (secondary N) is 2. The lowest BCUT2D eigenvalue weighted by atomic mass is 9.90. The monoisotopic (exact) mass is 506 g/mol. The van der Waals surface area contributed by atoms with Crippen molar-refractivity contribution >= 4 is 29.0 Å². The number of aryl methyl sites for hydroxylation is 2. The third-order valence-corrected chi connectivity index (χ3v) is 6.77. The topological polar surface area (TPSA) is 137 Å². The number of benzene rings is 1. The number of furan rings is 1. The number of aldehydes is 1. The van der Waals surface area contributed by atoms with Crippen molar-refractivity contribution in [2.24, 2.45) is 10.8 Å². The number of ether oxygens (including phenoxy) is 1. The first-order valence-electron chi connectivity index (χ1n) is 12.4. The molecule has 0 atom stereocenters. The lowest BCUT2D eigenvalue weighted by Gasteiger charge is -2.30. The Morgan fingerprint density at radius 3 is 2.73 bits per heavy atom. The van der Waals surface area contributed by atoms with Crippen molar-refractivity contribution in [1.29, 1.82) is 0 Å². The van der Waals surface area contributed by atoms with E-state index < -0.39 is 0 Å². The molecule has 10 nitrogen and oxygen atoms in total. The van der Waals surface area contributed by atoms with Gasteiger partial charge in [-0.15, -0.1) is 0 Å². The molecule has 0 unspecified atom stereocenters. The second-order valence-electron chi connectivity index (χ2n) is 9.32. The number of hydrazone groups is 1. The molecule has 0 spiro atoms. The molecule has 2 heterocycles. The molecule has 1 aliphatic carbocycles. The normalized spacial score (nSPS) is 18.4. The van der Waals surface area contributed by atoms with E-state index in [2.05, 4.69) is 27.0 Å². The summed E-state index contributed by atoms with van der Waals surface area (Å²) in [6.07, 6.45) is 6.97. The summed E-state index contributed by atoms with van der Waals surface area (Å²) in [6.45, 7) is 4.43. The summed E-state index contributed by atoms with van der Waals surface area (Å²) < 4.78 is 13.2. The molecular formula is C27H34N6O4. The van der Waals surface area contributed by atoms with Gasteiger partial charge in [-0.2, -0.15) is 10.2 Å². The quantitative estimate of drug-likeness (QED) is 0.133. The van der Waals surface area contributed by atoms with Gasteiger partial charge in [0.05, 0.1) is 18.2 Å². The fourth-order valence-electron chi connectivity index (χ4n) is 4.97. The summed E-state index contributed by atoms with van der Waals surface area (Å²) in [5.74, 6) is 0.643. The molecule has 1 aromatic carbocycles. The van der Waals surface area contributed by atoms with Crippen molar-refractivity contribution in [1.82, 2.24) is 20.5 Å². The second kappa shape index (κ2) is 11.4. The number of nitrogens with two attached hydrogens (primary N) is 1. The van der Waals surface area contributed by atoms with Crippen LogP contribution >= 0.6 is 0 Å². The first-order chi connectivity index (χ1) is 17.9. The number of amides is 1. The highest BCUT2D eigenvalue weighted by atomic mass is 16.5. The Hall–Kier alpha value is -3.92. The van der Waals surface area contributed by atoms with E-state index in [1.165, 1.54) is 6.08 Å². The van der Waals surface area contributed by atoms with Crippen LogP contribution in [0.4, 0.5) is 0 Å². The molecule has 10 heteroatoms. The predicted molar refractivity (Wildman–Crippen MR) is 143 cm³/mol. The van der Waals surface area contributed by atoms with Crippen LogP contribution in [0, 0.1) is 13.8 Å². The van der Waals surface area contributed by atoms with Crippen LogP contribution in [0.2, 0.25) is 0 Å². The number of hydrogen-bond acceptors (Lipinski definition) is 7. The zero-order valence-corrected chi connectivity index (χ0v) is 21.7. The number of carbonyl (C=O) groups is 2. The van der Waals surface area contributed by atoms with Crippen LogP contribution in [0.15, 0.2) is 39.9 Å². The molecule has 4 N–H and O–H groups in total. The van der Waals surface area contributed by atoms with Crippen LogP contribution < -0.4 is 16.5 Å². The molecular weight excluding hydrogens is 472 g/mol. The zero-order chi connectivity index (χ0) is 26.5. The van der Waals surface area contributed by atoms with Crippen LogP contribution in [0.3, 0.4) is 0 Å². The average Bonchev–Trinajstić information content (AvgIpc) is 3.42. The molecule has 37 heavy (non-hydrogen) atoms. The maximum atomic E-state index is 12.2. The van der Waals surface area contributed by atoms with Crippen molar-refractivity contribution in [2.45, 2.75) is 51.6 Å². The Balaban J connectivity index is 1.71. The summed E-state index contributed by atoms with van der Waals surface area (Å²) >= 11 is 0. The van der Waals surface area contributed by atoms with Crippen LogP contribution in [0.25, 0.3) is 22.4 Å². The molecule has 1 amide bonds. The van der Waals surface area contributed by atoms with Crippen molar-refractivity contribution in [3.63, 3.8) is 0 Å². The van der Waals surface area contributed by atoms with E-state index in [1.807, 2.05) is 30.7 Å². The van der Waals surface area contributed by atoms with Crippen LogP contribution in [0.5, 0.6) is 0 Å². The third kappa shape index (κ3) is 5.43. The Morgan fingerprint density at radius 2 is 2.05 bits per heavy atom. The molecule has 0 saturated heterocycles. The van der Waals surface area contributed by atoms with Gasteiger partial charge in [-0.3, -0.25) is 14.3 Å². The Labute approximate surface area is 215 Å². The standard InChI is InChI=1S/C27H34N6O4/c1-16-7-12-22-20(14-16)17(2)26(37-22)25-24(27(28)31-29-3)21(15-34)32-33(25)19-10-8-18(9-11-19)30-23(35)6-5-13-36-4/h5-7,12,14-15,18-19,29H,8-11,13H2,1-4H3,(H2,28,31)(H,30,35)/b6-5+. The number of aromatic nitrogens is 2. The van der Waals surface area contributed by atoms with Crippen LogP contribution in [-0.4, -0.2) is 54.6 Å². The maximum absolute atomic E-state index is 12.2. The van der Waals surface area contributed by atoms with E-state index >= 15 is 0 Å². The first kappa shape index (κ1) is 26.2. The van der Waals surface area contributed by atoms with E-state index in [4.69, 9.17) is 14.9 Å². The molecule has 2 aromatic heterocycles. The van der Waals surface area contributed by atoms with Crippen LogP contribution in [0.1, 0.15) is 58.9 Å². The van der Waals surface area contributed by atoms with Crippen molar-refractivity contribution in [3.05, 3.63) is 52.7 Å². The molecule has 0 aliphatic heterocycles. The molecule has 1 aliphatic rings.